The van der Waals surface area contributed by atoms with E-state index in [4.69, 9.17) is 10.00 Å². The molecule has 1 aromatic carbocycles. The Balaban J connectivity index is 1.64. The third-order valence-electron chi connectivity index (χ3n) is 4.56. The normalized spacial score (nSPS) is 23.3. The van der Waals surface area contributed by atoms with E-state index in [9.17, 15) is 4.39 Å². The molecule has 1 atom stereocenters. The first-order valence-corrected chi connectivity index (χ1v) is 8.01. The van der Waals surface area contributed by atoms with Crippen molar-refractivity contribution >= 4 is 5.69 Å². The molecule has 0 N–H and O–H groups in total. The molecule has 0 aliphatic carbocycles. The second-order valence-electron chi connectivity index (χ2n) is 6.15. The predicted molar refractivity (Wildman–Crippen MR) is 83.3 cm³/mol. The maximum atomic E-state index is 14.2. The Kier molecular flexibility index (Phi) is 4.91. The van der Waals surface area contributed by atoms with Crippen molar-refractivity contribution in [1.29, 1.82) is 5.26 Å². The van der Waals surface area contributed by atoms with Crippen LogP contribution in [0.25, 0.3) is 0 Å². The number of morpholine rings is 1. The SMILES string of the molecule is N#Cc1ccc(N2CCC[C@H](CN3CCOCC3)C2)c(F)c1. The molecule has 118 valence electrons. The van der Waals surface area contributed by atoms with Gasteiger partial charge in [0.15, 0.2) is 0 Å². The Morgan fingerprint density at radius 1 is 1.27 bits per heavy atom. The van der Waals surface area contributed by atoms with Crippen LogP contribution in [0.4, 0.5) is 10.1 Å². The lowest BCUT2D eigenvalue weighted by Crippen LogP contribution is -2.44. The van der Waals surface area contributed by atoms with E-state index in [1.54, 1.807) is 12.1 Å². The van der Waals surface area contributed by atoms with Gasteiger partial charge in [-0.25, -0.2) is 4.39 Å². The minimum Gasteiger partial charge on any atom is -0.379 e. The highest BCUT2D eigenvalue weighted by Crippen LogP contribution is 2.26. The Morgan fingerprint density at radius 2 is 2.09 bits per heavy atom. The molecule has 0 unspecified atom stereocenters. The second kappa shape index (κ2) is 7.08. The summed E-state index contributed by atoms with van der Waals surface area (Å²) < 4.78 is 19.6. The number of nitrogens with zero attached hydrogens (tertiary/aromatic N) is 3. The third kappa shape index (κ3) is 3.57. The molecule has 1 aromatic rings. The first kappa shape index (κ1) is 15.3. The van der Waals surface area contributed by atoms with Crippen molar-refractivity contribution in [3.63, 3.8) is 0 Å². The van der Waals surface area contributed by atoms with Crippen LogP contribution in [0.15, 0.2) is 18.2 Å². The van der Waals surface area contributed by atoms with Crippen molar-refractivity contribution < 1.29 is 9.13 Å². The maximum Gasteiger partial charge on any atom is 0.147 e. The number of anilines is 1. The molecular weight excluding hydrogens is 281 g/mol. The molecule has 22 heavy (non-hydrogen) atoms. The zero-order valence-electron chi connectivity index (χ0n) is 12.8. The Morgan fingerprint density at radius 3 is 2.82 bits per heavy atom. The van der Waals surface area contributed by atoms with Gasteiger partial charge in [-0.05, 0) is 37.0 Å². The van der Waals surface area contributed by atoms with Crippen LogP contribution >= 0.6 is 0 Å². The summed E-state index contributed by atoms with van der Waals surface area (Å²) in [7, 11) is 0. The number of benzene rings is 1. The molecule has 0 radical (unpaired) electrons. The largest absolute Gasteiger partial charge is 0.379 e. The molecule has 0 bridgehead atoms. The van der Waals surface area contributed by atoms with Gasteiger partial charge in [-0.2, -0.15) is 5.26 Å². The van der Waals surface area contributed by atoms with Crippen molar-refractivity contribution in [2.75, 3.05) is 50.8 Å². The molecule has 5 heteroatoms. The van der Waals surface area contributed by atoms with Crippen LogP contribution < -0.4 is 4.90 Å². The molecule has 0 saturated carbocycles. The average Bonchev–Trinajstić information content (AvgIpc) is 2.56. The van der Waals surface area contributed by atoms with E-state index in [2.05, 4.69) is 9.80 Å². The van der Waals surface area contributed by atoms with Crippen molar-refractivity contribution in [2.24, 2.45) is 5.92 Å². The van der Waals surface area contributed by atoms with E-state index in [1.165, 1.54) is 12.5 Å². The topological polar surface area (TPSA) is 39.5 Å². The van der Waals surface area contributed by atoms with E-state index in [0.29, 0.717) is 17.2 Å². The molecule has 4 nitrogen and oxygen atoms in total. The fourth-order valence-corrected chi connectivity index (χ4v) is 3.41. The van der Waals surface area contributed by atoms with Crippen LogP contribution in [-0.4, -0.2) is 50.8 Å². The first-order valence-electron chi connectivity index (χ1n) is 8.01. The fourth-order valence-electron chi connectivity index (χ4n) is 3.41. The zero-order valence-corrected chi connectivity index (χ0v) is 12.8. The average molecular weight is 303 g/mol. The summed E-state index contributed by atoms with van der Waals surface area (Å²) in [5, 5.41) is 8.84. The Hall–Kier alpha value is -1.64. The van der Waals surface area contributed by atoms with E-state index in [0.717, 1.165) is 52.4 Å². The number of ether oxygens (including phenoxy) is 1. The fraction of sp³-hybridized carbons (Fsp3) is 0.588. The van der Waals surface area contributed by atoms with Crippen LogP contribution in [0.1, 0.15) is 18.4 Å². The smallest absolute Gasteiger partial charge is 0.147 e. The monoisotopic (exact) mass is 303 g/mol. The number of piperidine rings is 1. The van der Waals surface area contributed by atoms with Gasteiger partial charge in [0.2, 0.25) is 0 Å². The molecule has 2 saturated heterocycles. The molecule has 2 heterocycles. The predicted octanol–water partition coefficient (Wildman–Crippen LogP) is 2.25. The molecular formula is C17H22FN3O. The summed E-state index contributed by atoms with van der Waals surface area (Å²) >= 11 is 0. The molecule has 0 amide bonds. The number of halogens is 1. The highest BCUT2D eigenvalue weighted by atomic mass is 19.1. The maximum absolute atomic E-state index is 14.2. The quantitative estimate of drug-likeness (QED) is 0.858. The summed E-state index contributed by atoms with van der Waals surface area (Å²) in [6, 6.07) is 6.76. The Labute approximate surface area is 131 Å². The summed E-state index contributed by atoms with van der Waals surface area (Å²) in [6.07, 6.45) is 2.29. The van der Waals surface area contributed by atoms with Gasteiger partial charge in [0, 0.05) is 32.7 Å². The van der Waals surface area contributed by atoms with E-state index >= 15 is 0 Å². The van der Waals surface area contributed by atoms with Crippen LogP contribution in [0.3, 0.4) is 0 Å². The first-order chi connectivity index (χ1) is 10.8. The number of nitriles is 1. The highest BCUT2D eigenvalue weighted by molar-refractivity contribution is 5.51. The highest BCUT2D eigenvalue weighted by Gasteiger charge is 2.24. The summed E-state index contributed by atoms with van der Waals surface area (Å²) in [5.74, 6) is 0.285. The lowest BCUT2D eigenvalue weighted by Gasteiger charge is -2.38. The number of rotatable bonds is 3. The van der Waals surface area contributed by atoms with Gasteiger partial charge >= 0.3 is 0 Å². The molecule has 2 aliphatic rings. The number of hydrogen-bond acceptors (Lipinski definition) is 4. The minimum atomic E-state index is -0.286. The van der Waals surface area contributed by atoms with Gasteiger partial charge in [-0.3, -0.25) is 4.90 Å². The van der Waals surface area contributed by atoms with Gasteiger partial charge < -0.3 is 9.64 Å². The van der Waals surface area contributed by atoms with Crippen LogP contribution in [0.5, 0.6) is 0 Å². The molecule has 2 aliphatic heterocycles. The summed E-state index contributed by atoms with van der Waals surface area (Å²) in [5.41, 5.74) is 1.01. The van der Waals surface area contributed by atoms with E-state index in [1.807, 2.05) is 6.07 Å². The van der Waals surface area contributed by atoms with Gasteiger partial charge in [-0.1, -0.05) is 0 Å². The third-order valence-corrected chi connectivity index (χ3v) is 4.56. The van der Waals surface area contributed by atoms with Crippen molar-refractivity contribution in [3.8, 4) is 6.07 Å². The molecule has 0 spiro atoms. The Bertz CT molecular complexity index is 551. The van der Waals surface area contributed by atoms with Crippen molar-refractivity contribution in [2.45, 2.75) is 12.8 Å². The summed E-state index contributed by atoms with van der Waals surface area (Å²) in [4.78, 5) is 4.58. The lowest BCUT2D eigenvalue weighted by molar-refractivity contribution is 0.0296. The van der Waals surface area contributed by atoms with Crippen LogP contribution in [-0.2, 0) is 4.74 Å². The van der Waals surface area contributed by atoms with Crippen LogP contribution in [0, 0.1) is 23.1 Å². The molecule has 2 fully saturated rings. The zero-order chi connectivity index (χ0) is 15.4. The lowest BCUT2D eigenvalue weighted by atomic mass is 9.96. The van der Waals surface area contributed by atoms with E-state index in [-0.39, 0.29) is 5.82 Å². The van der Waals surface area contributed by atoms with Crippen LogP contribution in [0.2, 0.25) is 0 Å². The van der Waals surface area contributed by atoms with Gasteiger partial charge in [0.05, 0.1) is 30.5 Å². The van der Waals surface area contributed by atoms with Crippen molar-refractivity contribution in [1.82, 2.24) is 4.90 Å². The molecule has 0 aromatic heterocycles. The number of hydrogen-bond donors (Lipinski definition) is 0. The van der Waals surface area contributed by atoms with Crippen molar-refractivity contribution in [3.05, 3.63) is 29.6 Å². The minimum absolute atomic E-state index is 0.286. The summed E-state index contributed by atoms with van der Waals surface area (Å²) in [6.45, 7) is 6.49. The standard InChI is InChI=1S/C17H22FN3O/c18-16-10-14(11-19)3-4-17(16)21-5-1-2-15(13-21)12-20-6-8-22-9-7-20/h3-4,10,15H,1-2,5-9,12-13H2/t15-/m1/s1. The van der Waals surface area contributed by atoms with Gasteiger partial charge in [0.1, 0.15) is 5.82 Å². The van der Waals surface area contributed by atoms with Gasteiger partial charge in [0.25, 0.3) is 0 Å². The van der Waals surface area contributed by atoms with Gasteiger partial charge in [-0.15, -0.1) is 0 Å². The second-order valence-corrected chi connectivity index (χ2v) is 6.15. The van der Waals surface area contributed by atoms with E-state index < -0.39 is 0 Å². The molecule has 3 rings (SSSR count).